The predicted octanol–water partition coefficient (Wildman–Crippen LogP) is 2.12. The van der Waals surface area contributed by atoms with E-state index in [0.29, 0.717) is 11.3 Å². The van der Waals surface area contributed by atoms with Gasteiger partial charge in [-0.3, -0.25) is 9.88 Å². The van der Waals surface area contributed by atoms with Gasteiger partial charge in [-0.05, 0) is 17.7 Å². The number of rotatable bonds is 1. The molecule has 1 aliphatic rings. The average Bonchev–Trinajstić information content (AvgIpc) is 2.67. The lowest BCUT2D eigenvalue weighted by Gasteiger charge is -2.28. The fourth-order valence-electron chi connectivity index (χ4n) is 2.05. The monoisotopic (exact) mass is 263 g/mol. The van der Waals surface area contributed by atoms with Crippen molar-refractivity contribution in [3.8, 4) is 11.8 Å². The van der Waals surface area contributed by atoms with Gasteiger partial charge in [-0.2, -0.15) is 0 Å². The SMILES string of the molecule is O=C1Nc2cc(F)ccc2CN1c1cc(O)[nH]c1O. The molecule has 0 saturated carbocycles. The Bertz CT molecular complexity index is 668. The van der Waals surface area contributed by atoms with E-state index in [1.165, 1.54) is 23.1 Å². The third-order valence-corrected chi connectivity index (χ3v) is 2.94. The van der Waals surface area contributed by atoms with Crippen LogP contribution in [0.15, 0.2) is 24.3 Å². The number of hydrogen-bond acceptors (Lipinski definition) is 3. The van der Waals surface area contributed by atoms with Crippen LogP contribution in [0.4, 0.5) is 20.6 Å². The number of benzene rings is 1. The van der Waals surface area contributed by atoms with Crippen LogP contribution in [0.1, 0.15) is 5.56 Å². The van der Waals surface area contributed by atoms with E-state index in [-0.39, 0.29) is 24.0 Å². The van der Waals surface area contributed by atoms with Crippen molar-refractivity contribution in [1.29, 1.82) is 0 Å². The Balaban J connectivity index is 2.00. The van der Waals surface area contributed by atoms with Gasteiger partial charge in [0.2, 0.25) is 5.88 Å². The van der Waals surface area contributed by atoms with Gasteiger partial charge >= 0.3 is 6.03 Å². The fraction of sp³-hybridized carbons (Fsp3) is 0.0833. The molecular weight excluding hydrogens is 253 g/mol. The molecule has 2 aromatic rings. The molecule has 0 atom stereocenters. The summed E-state index contributed by atoms with van der Waals surface area (Å²) < 4.78 is 13.1. The molecule has 98 valence electrons. The predicted molar refractivity (Wildman–Crippen MR) is 65.7 cm³/mol. The smallest absolute Gasteiger partial charge is 0.326 e. The van der Waals surface area contributed by atoms with E-state index < -0.39 is 11.8 Å². The number of anilines is 2. The molecule has 4 N–H and O–H groups in total. The van der Waals surface area contributed by atoms with Crippen LogP contribution in [0, 0.1) is 5.82 Å². The first-order valence-corrected chi connectivity index (χ1v) is 5.52. The summed E-state index contributed by atoms with van der Waals surface area (Å²) in [5.74, 6) is -0.988. The number of aromatic nitrogens is 1. The maximum Gasteiger partial charge on any atom is 0.326 e. The minimum Gasteiger partial charge on any atom is -0.494 e. The van der Waals surface area contributed by atoms with Crippen LogP contribution < -0.4 is 10.2 Å². The van der Waals surface area contributed by atoms with E-state index in [1.807, 2.05) is 0 Å². The Morgan fingerprint density at radius 3 is 2.74 bits per heavy atom. The molecule has 1 aromatic heterocycles. The van der Waals surface area contributed by atoms with Gasteiger partial charge in [0.15, 0.2) is 5.88 Å². The van der Waals surface area contributed by atoms with Crippen molar-refractivity contribution in [2.24, 2.45) is 0 Å². The van der Waals surface area contributed by atoms with E-state index >= 15 is 0 Å². The Kier molecular flexibility index (Phi) is 2.34. The van der Waals surface area contributed by atoms with Crippen molar-refractivity contribution >= 4 is 17.4 Å². The molecule has 2 heterocycles. The highest BCUT2D eigenvalue weighted by molar-refractivity contribution is 6.05. The number of fused-ring (bicyclic) bond motifs is 1. The lowest BCUT2D eigenvalue weighted by atomic mass is 10.1. The number of aromatic hydroxyl groups is 2. The summed E-state index contributed by atoms with van der Waals surface area (Å²) in [6.07, 6.45) is 0. The molecule has 0 bridgehead atoms. The Hall–Kier alpha value is -2.70. The van der Waals surface area contributed by atoms with Gasteiger partial charge in [0.25, 0.3) is 0 Å². The van der Waals surface area contributed by atoms with Crippen molar-refractivity contribution in [3.63, 3.8) is 0 Å². The molecule has 0 unspecified atom stereocenters. The van der Waals surface area contributed by atoms with Crippen LogP contribution in [-0.2, 0) is 6.54 Å². The lowest BCUT2D eigenvalue weighted by molar-refractivity contribution is 0.255. The summed E-state index contributed by atoms with van der Waals surface area (Å²) in [4.78, 5) is 15.4. The zero-order valence-corrected chi connectivity index (χ0v) is 9.64. The maximum atomic E-state index is 13.1. The van der Waals surface area contributed by atoms with Gasteiger partial charge in [-0.25, -0.2) is 9.18 Å². The first-order chi connectivity index (χ1) is 9.04. The second kappa shape index (κ2) is 3.91. The van der Waals surface area contributed by atoms with Gasteiger partial charge < -0.3 is 15.5 Å². The van der Waals surface area contributed by atoms with Crippen LogP contribution in [0.3, 0.4) is 0 Å². The number of carbonyl (C=O) groups is 1. The fourth-order valence-corrected chi connectivity index (χ4v) is 2.05. The lowest BCUT2D eigenvalue weighted by Crippen LogP contribution is -2.38. The molecule has 1 aliphatic heterocycles. The van der Waals surface area contributed by atoms with Crippen molar-refractivity contribution < 1.29 is 19.4 Å². The van der Waals surface area contributed by atoms with E-state index in [1.54, 1.807) is 6.07 Å². The standard InChI is InChI=1S/C12H10FN3O3/c13-7-2-1-6-5-16(12(19)14-8(6)3-7)9-4-10(17)15-11(9)18/h1-4,15,17-18H,5H2,(H,14,19). The quantitative estimate of drug-likeness (QED) is 0.635. The summed E-state index contributed by atoms with van der Waals surface area (Å²) in [5.41, 5.74) is 1.27. The van der Waals surface area contributed by atoms with Gasteiger partial charge in [0.1, 0.15) is 11.5 Å². The minimum absolute atomic E-state index is 0.157. The Morgan fingerprint density at radius 2 is 2.05 bits per heavy atom. The van der Waals surface area contributed by atoms with Crippen molar-refractivity contribution in [1.82, 2.24) is 4.98 Å². The summed E-state index contributed by atoms with van der Waals surface area (Å²) in [6, 6.07) is 4.82. The number of urea groups is 1. The van der Waals surface area contributed by atoms with Gasteiger partial charge in [-0.15, -0.1) is 0 Å². The average molecular weight is 263 g/mol. The molecule has 0 fully saturated rings. The van der Waals surface area contributed by atoms with Crippen LogP contribution >= 0.6 is 0 Å². The zero-order chi connectivity index (χ0) is 13.6. The third-order valence-electron chi connectivity index (χ3n) is 2.94. The molecule has 0 saturated heterocycles. The highest BCUT2D eigenvalue weighted by atomic mass is 19.1. The summed E-state index contributed by atoms with van der Waals surface area (Å²) in [7, 11) is 0. The molecule has 7 heteroatoms. The van der Waals surface area contributed by atoms with Crippen molar-refractivity contribution in [2.75, 3.05) is 10.2 Å². The van der Waals surface area contributed by atoms with Crippen LogP contribution in [-0.4, -0.2) is 21.2 Å². The summed E-state index contributed by atoms with van der Waals surface area (Å²) in [6.45, 7) is 0.173. The highest BCUT2D eigenvalue weighted by Crippen LogP contribution is 2.35. The molecule has 0 spiro atoms. The van der Waals surface area contributed by atoms with Crippen LogP contribution in [0.5, 0.6) is 11.8 Å². The minimum atomic E-state index is -0.507. The Labute approximate surface area is 107 Å². The number of carbonyl (C=O) groups excluding carboxylic acids is 1. The largest absolute Gasteiger partial charge is 0.494 e. The zero-order valence-electron chi connectivity index (χ0n) is 9.64. The number of halogens is 1. The van der Waals surface area contributed by atoms with Gasteiger partial charge in [0.05, 0.1) is 12.2 Å². The second-order valence-electron chi connectivity index (χ2n) is 4.21. The van der Waals surface area contributed by atoms with Crippen molar-refractivity contribution in [3.05, 3.63) is 35.6 Å². The van der Waals surface area contributed by atoms with Gasteiger partial charge in [-0.1, -0.05) is 6.07 Å². The number of hydrogen-bond donors (Lipinski definition) is 4. The van der Waals surface area contributed by atoms with Crippen molar-refractivity contribution in [2.45, 2.75) is 6.54 Å². The summed E-state index contributed by atoms with van der Waals surface area (Å²) in [5, 5.41) is 21.4. The molecule has 3 rings (SSSR count). The number of nitrogens with zero attached hydrogens (tertiary/aromatic N) is 1. The maximum absolute atomic E-state index is 13.1. The molecule has 19 heavy (non-hydrogen) atoms. The first kappa shape index (κ1) is 11.4. The molecule has 6 nitrogen and oxygen atoms in total. The van der Waals surface area contributed by atoms with E-state index in [0.717, 1.165) is 0 Å². The molecular formula is C12H10FN3O3. The molecule has 0 radical (unpaired) electrons. The number of amides is 2. The second-order valence-corrected chi connectivity index (χ2v) is 4.21. The third kappa shape index (κ3) is 1.85. The van der Waals surface area contributed by atoms with Crippen LogP contribution in [0.2, 0.25) is 0 Å². The highest BCUT2D eigenvalue weighted by Gasteiger charge is 2.27. The van der Waals surface area contributed by atoms with E-state index in [9.17, 15) is 19.4 Å². The summed E-state index contributed by atoms with van der Waals surface area (Å²) >= 11 is 0. The first-order valence-electron chi connectivity index (χ1n) is 5.52. The molecule has 2 amide bonds. The topological polar surface area (TPSA) is 88.6 Å². The number of aromatic amines is 1. The van der Waals surface area contributed by atoms with Gasteiger partial charge in [0, 0.05) is 6.07 Å². The molecule has 1 aromatic carbocycles. The van der Waals surface area contributed by atoms with E-state index in [2.05, 4.69) is 10.3 Å². The number of nitrogens with one attached hydrogen (secondary N) is 2. The number of H-pyrrole nitrogens is 1. The molecule has 0 aliphatic carbocycles. The van der Waals surface area contributed by atoms with E-state index in [4.69, 9.17) is 0 Å². The van der Waals surface area contributed by atoms with Crippen LogP contribution in [0.25, 0.3) is 0 Å². The normalized spacial score (nSPS) is 14.2. The Morgan fingerprint density at radius 1 is 1.26 bits per heavy atom.